The number of hydrogen-bond acceptors (Lipinski definition) is 4. The van der Waals surface area contributed by atoms with Crippen molar-refractivity contribution >= 4 is 17.3 Å². The number of carbonyl (C=O) groups excluding carboxylic acids is 1. The maximum absolute atomic E-state index is 12.3. The van der Waals surface area contributed by atoms with Crippen LogP contribution in [0.2, 0.25) is 0 Å². The van der Waals surface area contributed by atoms with E-state index in [2.05, 4.69) is 6.92 Å². The van der Waals surface area contributed by atoms with Gasteiger partial charge in [-0.15, -0.1) is 0 Å². The van der Waals surface area contributed by atoms with Crippen LogP contribution in [0.3, 0.4) is 0 Å². The Morgan fingerprint density at radius 3 is 2.65 bits per heavy atom. The van der Waals surface area contributed by atoms with Gasteiger partial charge in [-0.2, -0.15) is 0 Å². The van der Waals surface area contributed by atoms with E-state index in [1.54, 1.807) is 17.0 Å². The van der Waals surface area contributed by atoms with Gasteiger partial charge in [0.25, 0.3) is 11.6 Å². The zero-order valence-electron chi connectivity index (χ0n) is 14.0. The summed E-state index contributed by atoms with van der Waals surface area (Å²) in [5.41, 5.74) is 0.525. The van der Waals surface area contributed by atoms with Crippen LogP contribution in [0.4, 0.5) is 11.4 Å². The van der Waals surface area contributed by atoms with Crippen LogP contribution in [-0.2, 0) is 9.53 Å². The van der Waals surface area contributed by atoms with Crippen molar-refractivity contribution in [1.82, 2.24) is 0 Å². The molecule has 1 rings (SSSR count). The normalized spacial score (nSPS) is 10.5. The number of nitro benzene ring substituents is 1. The van der Waals surface area contributed by atoms with Crippen molar-refractivity contribution < 1.29 is 14.5 Å². The number of non-ortho nitro benzene ring substituents is 1. The Morgan fingerprint density at radius 2 is 2.00 bits per heavy atom. The molecule has 0 aliphatic rings. The van der Waals surface area contributed by atoms with E-state index >= 15 is 0 Å². The lowest BCUT2D eigenvalue weighted by Gasteiger charge is -2.22. The molecule has 1 amide bonds. The number of unbranched alkanes of at least 4 members (excludes halogenated alkanes) is 3. The Balaban J connectivity index is 2.61. The summed E-state index contributed by atoms with van der Waals surface area (Å²) in [4.78, 5) is 24.3. The van der Waals surface area contributed by atoms with Gasteiger partial charge in [0.05, 0.1) is 10.6 Å². The summed E-state index contributed by atoms with van der Waals surface area (Å²) < 4.78 is 5.44. The number of hydrogen-bond donors (Lipinski definition) is 0. The number of carbonyl (C=O) groups is 1. The summed E-state index contributed by atoms with van der Waals surface area (Å²) in [6, 6.07) is 6.15. The van der Waals surface area contributed by atoms with Crippen LogP contribution < -0.4 is 4.90 Å². The van der Waals surface area contributed by atoms with E-state index in [-0.39, 0.29) is 18.2 Å². The second-order valence-corrected chi connectivity index (χ2v) is 5.44. The fraction of sp³-hybridized carbons (Fsp3) is 0.588. The molecule has 6 heteroatoms. The summed E-state index contributed by atoms with van der Waals surface area (Å²) in [6.45, 7) is 5.20. The van der Waals surface area contributed by atoms with Crippen LogP contribution in [0.1, 0.15) is 46.0 Å². The van der Waals surface area contributed by atoms with Gasteiger partial charge in [-0.05, 0) is 18.9 Å². The molecule has 0 saturated heterocycles. The third kappa shape index (κ3) is 6.78. The highest BCUT2D eigenvalue weighted by Crippen LogP contribution is 2.21. The van der Waals surface area contributed by atoms with Gasteiger partial charge in [-0.1, -0.05) is 39.2 Å². The predicted octanol–water partition coefficient (Wildman–Crippen LogP) is 3.93. The standard InChI is InChI=1S/C17H26N2O4/c1-3-5-6-7-12-23-14-17(20)18(11-4-2)15-9-8-10-16(13-15)19(21)22/h8-10,13H,3-7,11-12,14H2,1-2H3. The average Bonchev–Trinajstić information content (AvgIpc) is 2.55. The minimum absolute atomic E-state index is 0.00875. The Kier molecular flexibility index (Phi) is 8.90. The van der Waals surface area contributed by atoms with E-state index in [9.17, 15) is 14.9 Å². The van der Waals surface area contributed by atoms with Crippen LogP contribution >= 0.6 is 0 Å². The number of amides is 1. The van der Waals surface area contributed by atoms with Crippen molar-refractivity contribution in [1.29, 1.82) is 0 Å². The maximum atomic E-state index is 12.3. The second kappa shape index (κ2) is 10.7. The lowest BCUT2D eigenvalue weighted by Crippen LogP contribution is -2.34. The third-order valence-electron chi connectivity index (χ3n) is 3.47. The fourth-order valence-corrected chi connectivity index (χ4v) is 2.26. The van der Waals surface area contributed by atoms with Crippen molar-refractivity contribution in [3.63, 3.8) is 0 Å². The highest BCUT2D eigenvalue weighted by molar-refractivity contribution is 5.94. The van der Waals surface area contributed by atoms with Crippen LogP contribution in [-0.4, -0.2) is 30.6 Å². The van der Waals surface area contributed by atoms with Gasteiger partial charge in [-0.3, -0.25) is 14.9 Å². The molecule has 1 aromatic rings. The van der Waals surface area contributed by atoms with E-state index in [0.717, 1.165) is 25.7 Å². The minimum atomic E-state index is -0.456. The Bertz CT molecular complexity index is 505. The maximum Gasteiger partial charge on any atom is 0.271 e. The molecule has 0 aliphatic heterocycles. The molecule has 0 aliphatic carbocycles. The monoisotopic (exact) mass is 322 g/mol. The van der Waals surface area contributed by atoms with E-state index in [1.165, 1.54) is 18.6 Å². The van der Waals surface area contributed by atoms with Gasteiger partial charge in [0.1, 0.15) is 6.61 Å². The van der Waals surface area contributed by atoms with E-state index in [1.807, 2.05) is 6.92 Å². The average molecular weight is 322 g/mol. The molecule has 6 nitrogen and oxygen atoms in total. The largest absolute Gasteiger partial charge is 0.372 e. The summed E-state index contributed by atoms with van der Waals surface area (Å²) in [5.74, 6) is -0.164. The molecule has 0 heterocycles. The van der Waals surface area contributed by atoms with Gasteiger partial charge >= 0.3 is 0 Å². The van der Waals surface area contributed by atoms with Gasteiger partial charge in [0.15, 0.2) is 0 Å². The summed E-state index contributed by atoms with van der Waals surface area (Å²) in [6.07, 6.45) is 5.16. The Morgan fingerprint density at radius 1 is 1.22 bits per heavy atom. The number of benzene rings is 1. The van der Waals surface area contributed by atoms with E-state index < -0.39 is 4.92 Å². The molecule has 0 saturated carbocycles. The third-order valence-corrected chi connectivity index (χ3v) is 3.47. The second-order valence-electron chi connectivity index (χ2n) is 5.44. The number of rotatable bonds is 11. The fourth-order valence-electron chi connectivity index (χ4n) is 2.26. The van der Waals surface area contributed by atoms with Crippen LogP contribution in [0, 0.1) is 10.1 Å². The molecule has 0 unspecified atom stereocenters. The highest BCUT2D eigenvalue weighted by Gasteiger charge is 2.17. The lowest BCUT2D eigenvalue weighted by molar-refractivity contribution is -0.384. The van der Waals surface area contributed by atoms with Crippen molar-refractivity contribution in [3.8, 4) is 0 Å². The molecule has 128 valence electrons. The smallest absolute Gasteiger partial charge is 0.271 e. The molecule has 0 aromatic heterocycles. The zero-order chi connectivity index (χ0) is 17.1. The molecule has 0 bridgehead atoms. The molecule has 1 aromatic carbocycles. The number of nitro groups is 1. The molecule has 23 heavy (non-hydrogen) atoms. The SMILES string of the molecule is CCCCCCOCC(=O)N(CCC)c1cccc([N+](=O)[O-])c1. The first-order valence-electron chi connectivity index (χ1n) is 8.22. The van der Waals surface area contributed by atoms with Crippen molar-refractivity contribution in [2.75, 3.05) is 24.7 Å². The van der Waals surface area contributed by atoms with Gasteiger partial charge in [-0.25, -0.2) is 0 Å². The Labute approximate surface area is 137 Å². The lowest BCUT2D eigenvalue weighted by atomic mass is 10.2. The predicted molar refractivity (Wildman–Crippen MR) is 90.7 cm³/mol. The number of nitrogens with zero attached hydrogens (tertiary/aromatic N) is 2. The van der Waals surface area contributed by atoms with Gasteiger partial charge in [0.2, 0.25) is 0 Å². The van der Waals surface area contributed by atoms with Gasteiger partial charge < -0.3 is 9.64 Å². The van der Waals surface area contributed by atoms with E-state index in [4.69, 9.17) is 4.74 Å². The zero-order valence-corrected chi connectivity index (χ0v) is 14.0. The molecule has 0 N–H and O–H groups in total. The summed E-state index contributed by atoms with van der Waals surface area (Å²) >= 11 is 0. The van der Waals surface area contributed by atoms with E-state index in [0.29, 0.717) is 18.8 Å². The Hall–Kier alpha value is -1.95. The highest BCUT2D eigenvalue weighted by atomic mass is 16.6. The topological polar surface area (TPSA) is 72.7 Å². The first-order chi connectivity index (χ1) is 11.1. The minimum Gasteiger partial charge on any atom is -0.372 e. The van der Waals surface area contributed by atoms with Crippen molar-refractivity contribution in [2.24, 2.45) is 0 Å². The molecule has 0 radical (unpaired) electrons. The first kappa shape index (κ1) is 19.1. The van der Waals surface area contributed by atoms with Crippen molar-refractivity contribution in [2.45, 2.75) is 46.0 Å². The quantitative estimate of drug-likeness (QED) is 0.351. The first-order valence-corrected chi connectivity index (χ1v) is 8.22. The van der Waals surface area contributed by atoms with Gasteiger partial charge in [0, 0.05) is 25.3 Å². The van der Waals surface area contributed by atoms with Crippen LogP contribution in [0.25, 0.3) is 0 Å². The van der Waals surface area contributed by atoms with Crippen LogP contribution in [0.5, 0.6) is 0 Å². The van der Waals surface area contributed by atoms with Crippen molar-refractivity contribution in [3.05, 3.63) is 34.4 Å². The molecular weight excluding hydrogens is 296 g/mol. The molecule has 0 atom stereocenters. The number of anilines is 1. The molecular formula is C17H26N2O4. The van der Waals surface area contributed by atoms with Crippen LogP contribution in [0.15, 0.2) is 24.3 Å². The summed E-state index contributed by atoms with van der Waals surface area (Å²) in [7, 11) is 0. The summed E-state index contributed by atoms with van der Waals surface area (Å²) in [5, 5.41) is 10.9. The molecule has 0 fully saturated rings. The number of ether oxygens (including phenoxy) is 1. The molecule has 0 spiro atoms.